The van der Waals surface area contributed by atoms with Crippen molar-refractivity contribution in [3.8, 4) is 0 Å². The Morgan fingerprint density at radius 2 is 2.00 bits per heavy atom. The predicted octanol–water partition coefficient (Wildman–Crippen LogP) is 0.696. The minimum Gasteiger partial charge on any atom is -0.480 e. The molecule has 0 amide bonds. The molecule has 0 aromatic heterocycles. The van der Waals surface area contributed by atoms with Crippen molar-refractivity contribution in [2.45, 2.75) is 44.2 Å². The summed E-state index contributed by atoms with van der Waals surface area (Å²) in [4.78, 5) is 13.2. The Kier molecular flexibility index (Phi) is 3.26. The van der Waals surface area contributed by atoms with Crippen LogP contribution >= 0.6 is 0 Å². The number of carbonyl (C=O) groups is 1. The van der Waals surface area contributed by atoms with Gasteiger partial charge in [-0.3, -0.25) is 9.69 Å². The van der Waals surface area contributed by atoms with Crippen LogP contribution in [0.1, 0.15) is 32.1 Å². The third kappa shape index (κ3) is 2.32. The van der Waals surface area contributed by atoms with Gasteiger partial charge in [0.25, 0.3) is 0 Å². The highest BCUT2D eigenvalue weighted by Crippen LogP contribution is 2.38. The molecule has 0 aromatic rings. The fourth-order valence-electron chi connectivity index (χ4n) is 2.41. The molecule has 4 heteroatoms. The second-order valence-corrected chi connectivity index (χ2v) is 4.67. The van der Waals surface area contributed by atoms with Crippen LogP contribution in [0.2, 0.25) is 0 Å². The Morgan fingerprint density at radius 1 is 1.33 bits per heavy atom. The lowest BCUT2D eigenvalue weighted by molar-refractivity contribution is -0.146. The van der Waals surface area contributed by atoms with Crippen molar-refractivity contribution in [2.75, 3.05) is 13.2 Å². The van der Waals surface area contributed by atoms with E-state index in [0.29, 0.717) is 18.5 Å². The van der Waals surface area contributed by atoms with E-state index in [-0.39, 0.29) is 12.6 Å². The average molecular weight is 213 g/mol. The highest BCUT2D eigenvalue weighted by molar-refractivity contribution is 5.74. The normalized spacial score (nSPS) is 23.9. The number of aliphatic hydroxyl groups is 1. The standard InChI is InChI=1S/C11H19NO3/c13-7-6-12(9-2-1-3-9)10(11(14)15)8-4-5-8/h8-10,13H,1-7H2,(H,14,15). The number of carboxylic acid groups (broad SMARTS) is 1. The molecule has 2 N–H and O–H groups in total. The van der Waals surface area contributed by atoms with E-state index < -0.39 is 5.97 Å². The molecule has 15 heavy (non-hydrogen) atoms. The number of hydrogen-bond acceptors (Lipinski definition) is 3. The molecule has 2 saturated carbocycles. The van der Waals surface area contributed by atoms with Crippen molar-refractivity contribution in [3.63, 3.8) is 0 Å². The Hall–Kier alpha value is -0.610. The van der Waals surface area contributed by atoms with E-state index in [4.69, 9.17) is 5.11 Å². The van der Waals surface area contributed by atoms with E-state index in [1.807, 2.05) is 4.90 Å². The topological polar surface area (TPSA) is 60.8 Å². The summed E-state index contributed by atoms with van der Waals surface area (Å²) in [7, 11) is 0. The first-order valence-corrected chi connectivity index (χ1v) is 5.83. The summed E-state index contributed by atoms with van der Waals surface area (Å²) in [6.07, 6.45) is 5.45. The Balaban J connectivity index is 2.01. The molecule has 0 bridgehead atoms. The Bertz CT molecular complexity index is 236. The zero-order chi connectivity index (χ0) is 10.8. The zero-order valence-electron chi connectivity index (χ0n) is 8.93. The summed E-state index contributed by atoms with van der Waals surface area (Å²) in [5.74, 6) is -0.382. The highest BCUT2D eigenvalue weighted by atomic mass is 16.4. The van der Waals surface area contributed by atoms with E-state index in [2.05, 4.69) is 0 Å². The van der Waals surface area contributed by atoms with Gasteiger partial charge in [-0.1, -0.05) is 6.42 Å². The van der Waals surface area contributed by atoms with Crippen LogP contribution in [0.25, 0.3) is 0 Å². The monoisotopic (exact) mass is 213 g/mol. The molecule has 4 nitrogen and oxygen atoms in total. The summed E-state index contributed by atoms with van der Waals surface area (Å²) in [6.45, 7) is 0.575. The van der Waals surface area contributed by atoms with Gasteiger partial charge in [0.1, 0.15) is 6.04 Å². The molecule has 0 radical (unpaired) electrons. The van der Waals surface area contributed by atoms with Crippen LogP contribution in [0.3, 0.4) is 0 Å². The molecule has 1 atom stereocenters. The quantitative estimate of drug-likeness (QED) is 0.681. The van der Waals surface area contributed by atoms with Crippen LogP contribution in [-0.2, 0) is 4.79 Å². The molecular formula is C11H19NO3. The lowest BCUT2D eigenvalue weighted by atomic mass is 9.89. The summed E-state index contributed by atoms with van der Waals surface area (Å²) < 4.78 is 0. The molecule has 2 fully saturated rings. The summed E-state index contributed by atoms with van der Waals surface area (Å²) in [5, 5.41) is 18.2. The van der Waals surface area contributed by atoms with Crippen LogP contribution in [0.5, 0.6) is 0 Å². The van der Waals surface area contributed by atoms with Crippen molar-refractivity contribution in [3.05, 3.63) is 0 Å². The second-order valence-electron chi connectivity index (χ2n) is 4.67. The van der Waals surface area contributed by atoms with E-state index in [1.165, 1.54) is 6.42 Å². The lowest BCUT2D eigenvalue weighted by Gasteiger charge is -2.40. The third-order valence-corrected chi connectivity index (χ3v) is 3.58. The van der Waals surface area contributed by atoms with Gasteiger partial charge in [0.15, 0.2) is 0 Å². The fraction of sp³-hybridized carbons (Fsp3) is 0.909. The van der Waals surface area contributed by atoms with Crippen LogP contribution in [0, 0.1) is 5.92 Å². The third-order valence-electron chi connectivity index (χ3n) is 3.58. The van der Waals surface area contributed by atoms with Gasteiger partial charge in [-0.25, -0.2) is 0 Å². The first-order chi connectivity index (χ1) is 7.24. The minimum absolute atomic E-state index is 0.0625. The number of aliphatic hydroxyl groups excluding tert-OH is 1. The van der Waals surface area contributed by atoms with E-state index >= 15 is 0 Å². The number of aliphatic carboxylic acids is 1. The highest BCUT2D eigenvalue weighted by Gasteiger charge is 2.43. The van der Waals surface area contributed by atoms with Gasteiger partial charge >= 0.3 is 5.97 Å². The molecule has 1 unspecified atom stereocenters. The maximum Gasteiger partial charge on any atom is 0.321 e. The second kappa shape index (κ2) is 4.49. The molecule has 0 aromatic carbocycles. The largest absolute Gasteiger partial charge is 0.480 e. The lowest BCUT2D eigenvalue weighted by Crippen LogP contribution is -2.52. The molecule has 2 aliphatic rings. The Morgan fingerprint density at radius 3 is 2.33 bits per heavy atom. The molecule has 0 spiro atoms. The number of carboxylic acids is 1. The van der Waals surface area contributed by atoms with Crippen molar-refractivity contribution in [1.29, 1.82) is 0 Å². The first kappa shape index (κ1) is 10.9. The van der Waals surface area contributed by atoms with Crippen molar-refractivity contribution in [1.82, 2.24) is 4.90 Å². The van der Waals surface area contributed by atoms with Gasteiger partial charge in [0, 0.05) is 12.6 Å². The summed E-state index contributed by atoms with van der Waals surface area (Å²) in [6, 6.07) is 0.0568. The molecule has 2 aliphatic carbocycles. The zero-order valence-corrected chi connectivity index (χ0v) is 8.93. The van der Waals surface area contributed by atoms with Gasteiger partial charge in [-0.05, 0) is 31.6 Å². The summed E-state index contributed by atoms with van der Waals surface area (Å²) in [5.41, 5.74) is 0. The SMILES string of the molecule is O=C(O)C(C1CC1)N(CCO)C1CCC1. The van der Waals surface area contributed by atoms with Gasteiger partial charge < -0.3 is 10.2 Å². The van der Waals surface area contributed by atoms with Crippen LogP contribution in [-0.4, -0.2) is 46.3 Å². The average Bonchev–Trinajstić information content (AvgIpc) is 2.84. The van der Waals surface area contributed by atoms with Crippen LogP contribution in [0.4, 0.5) is 0 Å². The van der Waals surface area contributed by atoms with Crippen molar-refractivity contribution in [2.24, 2.45) is 5.92 Å². The summed E-state index contributed by atoms with van der Waals surface area (Å²) >= 11 is 0. The first-order valence-electron chi connectivity index (χ1n) is 5.83. The number of rotatable bonds is 6. The number of hydrogen-bond donors (Lipinski definition) is 2. The predicted molar refractivity (Wildman–Crippen MR) is 55.6 cm³/mol. The molecular weight excluding hydrogens is 194 g/mol. The van der Waals surface area contributed by atoms with Crippen LogP contribution in [0.15, 0.2) is 0 Å². The Labute approximate surface area is 89.9 Å². The van der Waals surface area contributed by atoms with Gasteiger partial charge in [-0.2, -0.15) is 0 Å². The van der Waals surface area contributed by atoms with Crippen molar-refractivity contribution < 1.29 is 15.0 Å². The maximum atomic E-state index is 11.2. The molecule has 0 heterocycles. The fourth-order valence-corrected chi connectivity index (χ4v) is 2.41. The molecule has 0 saturated heterocycles. The van der Waals surface area contributed by atoms with Crippen LogP contribution < -0.4 is 0 Å². The van der Waals surface area contributed by atoms with E-state index in [1.54, 1.807) is 0 Å². The molecule has 0 aliphatic heterocycles. The van der Waals surface area contributed by atoms with E-state index in [9.17, 15) is 9.90 Å². The minimum atomic E-state index is -0.710. The van der Waals surface area contributed by atoms with E-state index in [0.717, 1.165) is 25.7 Å². The smallest absolute Gasteiger partial charge is 0.321 e. The van der Waals surface area contributed by atoms with Gasteiger partial charge in [-0.15, -0.1) is 0 Å². The van der Waals surface area contributed by atoms with Gasteiger partial charge in [0.05, 0.1) is 6.61 Å². The number of nitrogens with zero attached hydrogens (tertiary/aromatic N) is 1. The van der Waals surface area contributed by atoms with Gasteiger partial charge in [0.2, 0.25) is 0 Å². The maximum absolute atomic E-state index is 11.2. The van der Waals surface area contributed by atoms with Crippen molar-refractivity contribution >= 4 is 5.97 Å². The molecule has 2 rings (SSSR count). The molecule has 86 valence electrons.